The van der Waals surface area contributed by atoms with Gasteiger partial charge in [0.05, 0.1) is 13.2 Å². The Hall–Kier alpha value is -4.38. The lowest BCUT2D eigenvalue weighted by atomic mass is 9.94. The van der Waals surface area contributed by atoms with Crippen molar-refractivity contribution in [2.24, 2.45) is 0 Å². The Morgan fingerprint density at radius 3 is 2.46 bits per heavy atom. The number of carboxylic acids is 1. The standard InChI is InChI=1S/C36H42N6O4/c1-24-28(7-5-9-30(24)39-33(43)13-16-41-17-19-46-20-18-41)29-8-6-10-31(25(29)2)40-35-34-27(12-14-37-35)21-26(22-38-34)23-42-15-4-3-11-32(42)36(44)45/h5-10,12,14,21-22,32H,3-4,11,13,15-20,23H2,1-2H3,(H,37,40)(H,39,43)(H,44,45). The fraction of sp³-hybridized carbons (Fsp3) is 0.389. The molecular formula is C36H42N6O4. The lowest BCUT2D eigenvalue weighted by Gasteiger charge is -2.32. The predicted octanol–water partition coefficient (Wildman–Crippen LogP) is 5.76. The van der Waals surface area contributed by atoms with Gasteiger partial charge in [0.2, 0.25) is 5.91 Å². The summed E-state index contributed by atoms with van der Waals surface area (Å²) in [7, 11) is 0. The van der Waals surface area contributed by atoms with Gasteiger partial charge in [0, 0.05) is 61.8 Å². The van der Waals surface area contributed by atoms with E-state index in [-0.39, 0.29) is 5.91 Å². The summed E-state index contributed by atoms with van der Waals surface area (Å²) in [6.45, 7) is 9.36. The third-order valence-electron chi connectivity index (χ3n) is 9.18. The topological polar surface area (TPSA) is 120 Å². The van der Waals surface area contributed by atoms with E-state index < -0.39 is 12.0 Å². The number of morpholine rings is 1. The molecule has 0 aliphatic carbocycles. The third kappa shape index (κ3) is 7.20. The van der Waals surface area contributed by atoms with Crippen LogP contribution >= 0.6 is 0 Å². The van der Waals surface area contributed by atoms with Crippen molar-refractivity contribution in [2.45, 2.75) is 52.1 Å². The summed E-state index contributed by atoms with van der Waals surface area (Å²) in [4.78, 5) is 38.3. The number of benzene rings is 2. The van der Waals surface area contributed by atoms with Crippen molar-refractivity contribution in [2.75, 3.05) is 50.0 Å². The Kier molecular flexibility index (Phi) is 9.87. The highest BCUT2D eigenvalue weighted by atomic mass is 16.5. The molecule has 2 aromatic carbocycles. The van der Waals surface area contributed by atoms with E-state index in [0.29, 0.717) is 25.2 Å². The first-order valence-electron chi connectivity index (χ1n) is 16.1. The number of nitrogens with zero attached hydrogens (tertiary/aromatic N) is 4. The molecule has 2 fully saturated rings. The number of pyridine rings is 2. The number of carbonyl (C=O) groups is 2. The van der Waals surface area contributed by atoms with Crippen LogP contribution in [-0.2, 0) is 20.9 Å². The van der Waals surface area contributed by atoms with E-state index in [4.69, 9.17) is 9.72 Å². The second-order valence-electron chi connectivity index (χ2n) is 12.2. The van der Waals surface area contributed by atoms with Crippen molar-refractivity contribution in [3.8, 4) is 11.1 Å². The van der Waals surface area contributed by atoms with Crippen LogP contribution < -0.4 is 10.6 Å². The lowest BCUT2D eigenvalue weighted by Crippen LogP contribution is -2.44. The van der Waals surface area contributed by atoms with Crippen LogP contribution in [0.25, 0.3) is 22.0 Å². The van der Waals surface area contributed by atoms with Crippen molar-refractivity contribution in [1.82, 2.24) is 19.8 Å². The highest BCUT2D eigenvalue weighted by Crippen LogP contribution is 2.35. The van der Waals surface area contributed by atoms with Crippen LogP contribution in [0.5, 0.6) is 0 Å². The van der Waals surface area contributed by atoms with Crippen molar-refractivity contribution in [3.63, 3.8) is 0 Å². The van der Waals surface area contributed by atoms with Crippen LogP contribution in [0.15, 0.2) is 60.9 Å². The second kappa shape index (κ2) is 14.4. The van der Waals surface area contributed by atoms with Crippen LogP contribution in [0.1, 0.15) is 42.4 Å². The number of piperidine rings is 1. The Morgan fingerprint density at radius 2 is 1.70 bits per heavy atom. The Morgan fingerprint density at radius 1 is 0.957 bits per heavy atom. The average molecular weight is 623 g/mol. The maximum Gasteiger partial charge on any atom is 0.320 e. The van der Waals surface area contributed by atoms with Crippen LogP contribution in [0, 0.1) is 13.8 Å². The number of carboxylic acid groups (broad SMARTS) is 1. The fourth-order valence-corrected chi connectivity index (χ4v) is 6.53. The number of anilines is 3. The number of hydrogen-bond donors (Lipinski definition) is 3. The van der Waals surface area contributed by atoms with Gasteiger partial charge in [-0.1, -0.05) is 30.7 Å². The summed E-state index contributed by atoms with van der Waals surface area (Å²) in [5.41, 5.74) is 7.66. The normalized spacial score (nSPS) is 17.6. The number of carbonyl (C=O) groups excluding carboxylic acids is 1. The summed E-state index contributed by atoms with van der Waals surface area (Å²) in [5, 5.41) is 17.3. The Bertz CT molecular complexity index is 1720. The van der Waals surface area contributed by atoms with Gasteiger partial charge in [-0.3, -0.25) is 24.4 Å². The van der Waals surface area contributed by atoms with Crippen molar-refractivity contribution >= 4 is 40.0 Å². The van der Waals surface area contributed by atoms with Gasteiger partial charge in [-0.25, -0.2) is 4.98 Å². The largest absolute Gasteiger partial charge is 0.480 e. The van der Waals surface area contributed by atoms with E-state index in [2.05, 4.69) is 45.6 Å². The van der Waals surface area contributed by atoms with Crippen LogP contribution in [0.2, 0.25) is 0 Å². The van der Waals surface area contributed by atoms with E-state index in [1.165, 1.54) is 0 Å². The maximum atomic E-state index is 12.8. The Labute approximate surface area is 269 Å². The molecule has 10 nitrogen and oxygen atoms in total. The molecule has 2 aliphatic heterocycles. The van der Waals surface area contributed by atoms with Gasteiger partial charge in [0.15, 0.2) is 5.82 Å². The number of aromatic nitrogens is 2. The van der Waals surface area contributed by atoms with E-state index in [1.54, 1.807) is 6.20 Å². The zero-order valence-electron chi connectivity index (χ0n) is 26.6. The average Bonchev–Trinajstić information content (AvgIpc) is 3.06. The molecule has 6 rings (SSSR count). The molecule has 1 amide bonds. The van der Waals surface area contributed by atoms with Gasteiger partial charge in [0.25, 0.3) is 0 Å². The molecule has 0 bridgehead atoms. The number of amides is 1. The predicted molar refractivity (Wildman–Crippen MR) is 180 cm³/mol. The number of likely N-dealkylation sites (tertiary alicyclic amines) is 1. The minimum absolute atomic E-state index is 0.00852. The minimum atomic E-state index is -0.757. The van der Waals surface area contributed by atoms with E-state index in [9.17, 15) is 14.7 Å². The number of rotatable bonds is 10. The van der Waals surface area contributed by atoms with Crippen molar-refractivity contribution in [3.05, 3.63) is 77.6 Å². The number of ether oxygens (including phenoxy) is 1. The minimum Gasteiger partial charge on any atom is -0.480 e. The number of aliphatic carboxylic acids is 1. The highest BCUT2D eigenvalue weighted by Gasteiger charge is 2.28. The van der Waals surface area contributed by atoms with Gasteiger partial charge >= 0.3 is 5.97 Å². The van der Waals surface area contributed by atoms with Crippen LogP contribution in [0.3, 0.4) is 0 Å². The molecule has 2 aliphatic rings. The van der Waals surface area contributed by atoms with Crippen LogP contribution in [0.4, 0.5) is 17.2 Å². The molecule has 2 aromatic heterocycles. The van der Waals surface area contributed by atoms with E-state index >= 15 is 0 Å². The molecule has 240 valence electrons. The smallest absolute Gasteiger partial charge is 0.320 e. The van der Waals surface area contributed by atoms with Gasteiger partial charge in [-0.15, -0.1) is 0 Å². The molecule has 1 unspecified atom stereocenters. The van der Waals surface area contributed by atoms with Gasteiger partial charge in [0.1, 0.15) is 11.6 Å². The van der Waals surface area contributed by atoms with Gasteiger partial charge in [-0.05, 0) is 85.3 Å². The summed E-state index contributed by atoms with van der Waals surface area (Å²) in [6.07, 6.45) is 6.68. The van der Waals surface area contributed by atoms with Gasteiger partial charge in [-0.2, -0.15) is 0 Å². The fourth-order valence-electron chi connectivity index (χ4n) is 6.53. The molecule has 0 spiro atoms. The molecule has 0 radical (unpaired) electrons. The number of nitrogens with one attached hydrogen (secondary N) is 2. The number of fused-ring (bicyclic) bond motifs is 1. The van der Waals surface area contributed by atoms with Crippen LogP contribution in [-0.4, -0.2) is 82.2 Å². The SMILES string of the molecule is Cc1c(NC(=O)CCN2CCOCC2)cccc1-c1cccc(Nc2nccc3cc(CN4CCCCC4C(=O)O)cnc23)c1C. The molecule has 4 heterocycles. The third-order valence-corrected chi connectivity index (χ3v) is 9.18. The Balaban J connectivity index is 1.18. The van der Waals surface area contributed by atoms with Crippen molar-refractivity contribution in [1.29, 1.82) is 0 Å². The van der Waals surface area contributed by atoms with E-state index in [0.717, 1.165) is 102 Å². The lowest BCUT2D eigenvalue weighted by molar-refractivity contribution is -0.144. The molecule has 2 saturated heterocycles. The molecular weight excluding hydrogens is 580 g/mol. The summed E-state index contributed by atoms with van der Waals surface area (Å²) in [6, 6.07) is 15.7. The molecule has 1 atom stereocenters. The first-order chi connectivity index (χ1) is 22.4. The summed E-state index contributed by atoms with van der Waals surface area (Å²) < 4.78 is 5.41. The first-order valence-corrected chi connectivity index (χ1v) is 16.1. The summed E-state index contributed by atoms with van der Waals surface area (Å²) >= 11 is 0. The molecule has 3 N–H and O–H groups in total. The summed E-state index contributed by atoms with van der Waals surface area (Å²) in [5.74, 6) is -0.0919. The zero-order valence-corrected chi connectivity index (χ0v) is 26.6. The number of hydrogen-bond acceptors (Lipinski definition) is 8. The second-order valence-corrected chi connectivity index (χ2v) is 12.2. The van der Waals surface area contributed by atoms with E-state index in [1.807, 2.05) is 48.4 Å². The highest BCUT2D eigenvalue weighted by molar-refractivity contribution is 5.94. The molecule has 10 heteroatoms. The maximum absolute atomic E-state index is 12.8. The zero-order chi connectivity index (χ0) is 32.0. The molecule has 0 saturated carbocycles. The quantitative estimate of drug-likeness (QED) is 0.203. The van der Waals surface area contributed by atoms with Crippen molar-refractivity contribution < 1.29 is 19.4 Å². The first kappa shape index (κ1) is 31.6. The monoisotopic (exact) mass is 622 g/mol. The molecule has 46 heavy (non-hydrogen) atoms. The molecule has 4 aromatic rings. The van der Waals surface area contributed by atoms with Gasteiger partial charge < -0.3 is 20.5 Å².